The summed E-state index contributed by atoms with van der Waals surface area (Å²) in [5.41, 5.74) is 8.35. The number of aliphatic hydroxyl groups excluding tert-OH is 1. The lowest BCUT2D eigenvalue weighted by molar-refractivity contribution is 0.184. The molecule has 6 heteroatoms. The lowest BCUT2D eigenvalue weighted by Gasteiger charge is -2.07. The third kappa shape index (κ3) is 3.95. The molecule has 0 spiro atoms. The summed E-state index contributed by atoms with van der Waals surface area (Å²) in [6.45, 7) is 2.91. The number of rotatable bonds is 5. The number of nitrogens with zero attached hydrogens (tertiary/aromatic N) is 3. The summed E-state index contributed by atoms with van der Waals surface area (Å²) in [5, 5.41) is 13.9. The van der Waals surface area contributed by atoms with E-state index in [2.05, 4.69) is 22.0 Å². The van der Waals surface area contributed by atoms with E-state index in [4.69, 9.17) is 10.3 Å². The van der Waals surface area contributed by atoms with Crippen molar-refractivity contribution in [1.82, 2.24) is 14.7 Å². The molecule has 27 heavy (non-hydrogen) atoms. The average Bonchev–Trinajstić information content (AvgIpc) is 3.03. The summed E-state index contributed by atoms with van der Waals surface area (Å²) in [5.74, 6) is 8.84. The molecule has 2 aromatic heterocycles. The Hall–Kier alpha value is -2.88. The Morgan fingerprint density at radius 3 is 2.89 bits per heavy atom. The Balaban J connectivity index is 1.44. The molecule has 1 aliphatic carbocycles. The summed E-state index contributed by atoms with van der Waals surface area (Å²) in [4.78, 5) is 4.17. The van der Waals surface area contributed by atoms with Crippen LogP contribution in [0.4, 0.5) is 0 Å². The topological polar surface area (TPSA) is 90.1 Å². The van der Waals surface area contributed by atoms with Gasteiger partial charge in [-0.3, -0.25) is 0 Å². The van der Waals surface area contributed by atoms with Crippen LogP contribution in [0.15, 0.2) is 47.2 Å². The summed E-state index contributed by atoms with van der Waals surface area (Å²) < 4.78 is 7.34. The van der Waals surface area contributed by atoms with E-state index in [1.54, 1.807) is 13.1 Å². The summed E-state index contributed by atoms with van der Waals surface area (Å²) >= 11 is 0. The van der Waals surface area contributed by atoms with E-state index in [1.165, 1.54) is 0 Å². The molecule has 0 amide bonds. The zero-order valence-electron chi connectivity index (χ0n) is 15.2. The van der Waals surface area contributed by atoms with Crippen molar-refractivity contribution in [2.45, 2.75) is 26.0 Å². The Bertz CT molecular complexity index is 976. The van der Waals surface area contributed by atoms with Crippen molar-refractivity contribution in [2.24, 2.45) is 17.6 Å². The molecule has 0 aliphatic heterocycles. The first-order valence-electron chi connectivity index (χ1n) is 9.10. The van der Waals surface area contributed by atoms with Crippen molar-refractivity contribution in [1.29, 1.82) is 0 Å². The first kappa shape index (κ1) is 17.5. The molecule has 0 bridgehead atoms. The van der Waals surface area contributed by atoms with Crippen LogP contribution < -0.4 is 5.73 Å². The largest absolute Gasteiger partial charge is 0.385 e. The smallest absolute Gasteiger partial charge is 0.167 e. The molecule has 3 N–H and O–H groups in total. The lowest BCUT2D eigenvalue weighted by Crippen LogP contribution is -2.07. The highest BCUT2D eigenvalue weighted by Gasteiger charge is 2.33. The molecule has 1 unspecified atom stereocenters. The third-order valence-corrected chi connectivity index (χ3v) is 4.81. The minimum Gasteiger partial charge on any atom is -0.385 e. The van der Waals surface area contributed by atoms with Crippen LogP contribution in [0.2, 0.25) is 0 Å². The Morgan fingerprint density at radius 1 is 1.37 bits per heavy atom. The fourth-order valence-corrected chi connectivity index (χ4v) is 3.10. The molecule has 6 nitrogen and oxygen atoms in total. The zero-order valence-corrected chi connectivity index (χ0v) is 15.2. The first-order chi connectivity index (χ1) is 13.1. The second kappa shape index (κ2) is 7.39. The van der Waals surface area contributed by atoms with Crippen LogP contribution in [0.5, 0.6) is 0 Å². The predicted octanol–water partition coefficient (Wildman–Crippen LogP) is 2.59. The zero-order chi connectivity index (χ0) is 18.8. The highest BCUT2D eigenvalue weighted by atomic mass is 16.5. The van der Waals surface area contributed by atoms with Crippen molar-refractivity contribution in [2.75, 3.05) is 6.54 Å². The van der Waals surface area contributed by atoms with Gasteiger partial charge in [-0.05, 0) is 50.1 Å². The van der Waals surface area contributed by atoms with Crippen LogP contribution in [0.3, 0.4) is 0 Å². The van der Waals surface area contributed by atoms with Gasteiger partial charge in [-0.15, -0.1) is 0 Å². The maximum atomic E-state index is 9.75. The number of hydrogen-bond donors (Lipinski definition) is 2. The van der Waals surface area contributed by atoms with Gasteiger partial charge in [-0.1, -0.05) is 17.0 Å². The quantitative estimate of drug-likeness (QED) is 0.681. The van der Waals surface area contributed by atoms with Gasteiger partial charge >= 0.3 is 0 Å². The normalized spacial score (nSPS) is 19.4. The minimum atomic E-state index is -0.629. The molecule has 4 rings (SSSR count). The van der Waals surface area contributed by atoms with Crippen LogP contribution in [-0.4, -0.2) is 26.4 Å². The first-order valence-corrected chi connectivity index (χ1v) is 9.10. The SMILES string of the molecule is CC(O)c1nccn1Cc1cc(-c2ccc(C#C[C@@H]3C[C@H]3CN)cc2)on1. The van der Waals surface area contributed by atoms with Gasteiger partial charge < -0.3 is 19.9 Å². The second-order valence-electron chi connectivity index (χ2n) is 6.96. The lowest BCUT2D eigenvalue weighted by atomic mass is 10.1. The van der Waals surface area contributed by atoms with Crippen molar-refractivity contribution in [3.8, 4) is 23.2 Å². The van der Waals surface area contributed by atoms with Gasteiger partial charge in [0.25, 0.3) is 0 Å². The van der Waals surface area contributed by atoms with Gasteiger partial charge in [0.15, 0.2) is 5.76 Å². The van der Waals surface area contributed by atoms with E-state index in [0.717, 1.165) is 29.8 Å². The summed E-state index contributed by atoms with van der Waals surface area (Å²) in [7, 11) is 0. The maximum Gasteiger partial charge on any atom is 0.167 e. The Morgan fingerprint density at radius 2 is 2.19 bits per heavy atom. The van der Waals surface area contributed by atoms with E-state index in [-0.39, 0.29) is 0 Å². The van der Waals surface area contributed by atoms with Crippen LogP contribution in [0.25, 0.3) is 11.3 Å². The molecule has 3 atom stereocenters. The van der Waals surface area contributed by atoms with Gasteiger partial charge in [-0.2, -0.15) is 0 Å². The number of aliphatic hydroxyl groups is 1. The van der Waals surface area contributed by atoms with Crippen molar-refractivity contribution in [3.05, 3.63) is 59.8 Å². The minimum absolute atomic E-state index is 0.459. The van der Waals surface area contributed by atoms with Crippen LogP contribution in [-0.2, 0) is 6.54 Å². The molecule has 0 saturated heterocycles. The van der Waals surface area contributed by atoms with Crippen molar-refractivity contribution >= 4 is 0 Å². The molecule has 3 aromatic rings. The van der Waals surface area contributed by atoms with Crippen LogP contribution >= 0.6 is 0 Å². The molecule has 1 aromatic carbocycles. The molecule has 2 heterocycles. The molecule has 1 fully saturated rings. The molecule has 1 saturated carbocycles. The van der Waals surface area contributed by atoms with E-state index in [0.29, 0.717) is 30.0 Å². The molecule has 0 radical (unpaired) electrons. The third-order valence-electron chi connectivity index (χ3n) is 4.81. The van der Waals surface area contributed by atoms with E-state index in [9.17, 15) is 5.11 Å². The molecule has 138 valence electrons. The number of benzene rings is 1. The van der Waals surface area contributed by atoms with Gasteiger partial charge in [-0.25, -0.2) is 4.98 Å². The van der Waals surface area contributed by atoms with Gasteiger partial charge in [0, 0.05) is 35.5 Å². The fraction of sp³-hybridized carbons (Fsp3) is 0.333. The van der Waals surface area contributed by atoms with E-state index >= 15 is 0 Å². The second-order valence-corrected chi connectivity index (χ2v) is 6.96. The number of imidazole rings is 1. The predicted molar refractivity (Wildman–Crippen MR) is 101 cm³/mol. The molecule has 1 aliphatic rings. The number of aromatic nitrogens is 3. The fourth-order valence-electron chi connectivity index (χ4n) is 3.10. The summed E-state index contributed by atoms with van der Waals surface area (Å²) in [6.07, 6.45) is 3.98. The highest BCUT2D eigenvalue weighted by molar-refractivity contribution is 5.59. The summed E-state index contributed by atoms with van der Waals surface area (Å²) in [6, 6.07) is 9.86. The van der Waals surface area contributed by atoms with E-state index in [1.807, 2.05) is 41.1 Å². The number of hydrogen-bond acceptors (Lipinski definition) is 5. The van der Waals surface area contributed by atoms with Crippen molar-refractivity contribution in [3.63, 3.8) is 0 Å². The Labute approximate surface area is 158 Å². The van der Waals surface area contributed by atoms with Gasteiger partial charge in [0.2, 0.25) is 0 Å². The monoisotopic (exact) mass is 362 g/mol. The number of nitrogens with two attached hydrogens (primary N) is 1. The Kier molecular flexibility index (Phi) is 4.80. The molecular weight excluding hydrogens is 340 g/mol. The van der Waals surface area contributed by atoms with Crippen LogP contribution in [0, 0.1) is 23.7 Å². The van der Waals surface area contributed by atoms with Gasteiger partial charge in [0.1, 0.15) is 17.6 Å². The maximum absolute atomic E-state index is 9.75. The molecular formula is C21H22N4O2. The van der Waals surface area contributed by atoms with Crippen LogP contribution in [0.1, 0.15) is 36.5 Å². The standard InChI is InChI=1S/C21H22N4O2/c1-14(26)21-23-8-9-25(21)13-19-11-20(27-24-19)16-5-2-15(3-6-16)4-7-17-10-18(17)12-22/h2-3,5-6,8-9,11,14,17-18,26H,10,12-13,22H2,1H3/t14?,17-,18+/m1/s1. The van der Waals surface area contributed by atoms with Gasteiger partial charge in [0.05, 0.1) is 6.54 Å². The highest BCUT2D eigenvalue weighted by Crippen LogP contribution is 2.36. The average molecular weight is 362 g/mol. The van der Waals surface area contributed by atoms with E-state index < -0.39 is 6.10 Å². The van der Waals surface area contributed by atoms with Crippen molar-refractivity contribution < 1.29 is 9.63 Å².